The van der Waals surface area contributed by atoms with E-state index in [1.807, 2.05) is 36.4 Å². The number of amides is 1. The van der Waals surface area contributed by atoms with E-state index >= 15 is 0 Å². The Kier molecular flexibility index (Phi) is 5.36. The van der Waals surface area contributed by atoms with Crippen molar-refractivity contribution in [2.75, 3.05) is 12.4 Å². The first-order valence-corrected chi connectivity index (χ1v) is 8.21. The summed E-state index contributed by atoms with van der Waals surface area (Å²) in [4.78, 5) is 12.3. The number of ether oxygens (including phenoxy) is 1. The lowest BCUT2D eigenvalue weighted by molar-refractivity contribution is -0.115. The highest BCUT2D eigenvalue weighted by Crippen LogP contribution is 2.15. The zero-order chi connectivity index (χ0) is 17.6. The quantitative estimate of drug-likeness (QED) is 0.732. The van der Waals surface area contributed by atoms with Crippen LogP contribution in [0.25, 0.3) is 0 Å². The lowest BCUT2D eigenvalue weighted by atomic mass is 10.1. The van der Waals surface area contributed by atoms with Crippen molar-refractivity contribution in [3.8, 4) is 5.75 Å². The van der Waals surface area contributed by atoms with E-state index in [2.05, 4.69) is 10.4 Å². The van der Waals surface area contributed by atoms with Crippen molar-refractivity contribution in [2.24, 2.45) is 0 Å². The second-order valence-electron chi connectivity index (χ2n) is 5.57. The van der Waals surface area contributed by atoms with Gasteiger partial charge in [-0.1, -0.05) is 35.9 Å². The van der Waals surface area contributed by atoms with Gasteiger partial charge in [0.05, 0.1) is 26.3 Å². The number of carbonyl (C=O) groups is 1. The second kappa shape index (κ2) is 7.85. The molecule has 0 saturated heterocycles. The van der Waals surface area contributed by atoms with Crippen molar-refractivity contribution in [3.63, 3.8) is 0 Å². The molecule has 0 fully saturated rings. The maximum Gasteiger partial charge on any atom is 0.229 e. The van der Waals surface area contributed by atoms with Gasteiger partial charge in [-0.2, -0.15) is 5.10 Å². The minimum atomic E-state index is -0.0983. The summed E-state index contributed by atoms with van der Waals surface area (Å²) in [5, 5.41) is 7.83. The summed E-state index contributed by atoms with van der Waals surface area (Å²) in [6.45, 7) is 0.563. The number of aromatic nitrogens is 2. The molecule has 0 bridgehead atoms. The third kappa shape index (κ3) is 4.61. The fraction of sp³-hybridized carbons (Fsp3) is 0.158. The Hall–Kier alpha value is -2.79. The van der Waals surface area contributed by atoms with Gasteiger partial charge in [-0.3, -0.25) is 4.79 Å². The summed E-state index contributed by atoms with van der Waals surface area (Å²) in [6, 6.07) is 16.8. The van der Waals surface area contributed by atoms with Crippen molar-refractivity contribution in [1.29, 1.82) is 0 Å². The van der Waals surface area contributed by atoms with Gasteiger partial charge in [-0.15, -0.1) is 0 Å². The number of methoxy groups -OCH3 is 1. The first-order chi connectivity index (χ1) is 12.1. The zero-order valence-corrected chi connectivity index (χ0v) is 14.5. The Morgan fingerprint density at radius 3 is 2.44 bits per heavy atom. The van der Waals surface area contributed by atoms with Crippen LogP contribution < -0.4 is 10.1 Å². The molecule has 0 aliphatic heterocycles. The number of halogens is 1. The summed E-state index contributed by atoms with van der Waals surface area (Å²) in [5.74, 6) is 1.37. The van der Waals surface area contributed by atoms with Gasteiger partial charge in [0.15, 0.2) is 0 Å². The molecule has 1 heterocycles. The van der Waals surface area contributed by atoms with Gasteiger partial charge in [-0.25, -0.2) is 4.68 Å². The van der Waals surface area contributed by atoms with Gasteiger partial charge >= 0.3 is 0 Å². The Morgan fingerprint density at radius 1 is 1.08 bits per heavy atom. The van der Waals surface area contributed by atoms with Crippen LogP contribution in [0.2, 0.25) is 5.02 Å². The van der Waals surface area contributed by atoms with Crippen LogP contribution in [0.15, 0.2) is 60.8 Å². The van der Waals surface area contributed by atoms with E-state index in [0.717, 1.165) is 16.9 Å². The molecule has 0 saturated carbocycles. The van der Waals surface area contributed by atoms with Gasteiger partial charge in [0, 0.05) is 11.1 Å². The number of carbonyl (C=O) groups excluding carboxylic acids is 1. The summed E-state index contributed by atoms with van der Waals surface area (Å²) in [6.07, 6.45) is 1.95. The Morgan fingerprint density at radius 2 is 1.76 bits per heavy atom. The van der Waals surface area contributed by atoms with Crippen molar-refractivity contribution in [3.05, 3.63) is 76.9 Å². The molecule has 128 valence electrons. The number of rotatable bonds is 6. The van der Waals surface area contributed by atoms with E-state index < -0.39 is 0 Å². The summed E-state index contributed by atoms with van der Waals surface area (Å²) in [7, 11) is 1.64. The largest absolute Gasteiger partial charge is 0.497 e. The van der Waals surface area contributed by atoms with Gasteiger partial charge in [-0.05, 0) is 35.4 Å². The molecule has 0 aliphatic rings. The maximum atomic E-state index is 12.3. The molecule has 0 spiro atoms. The molecule has 0 unspecified atom stereocenters. The van der Waals surface area contributed by atoms with Crippen LogP contribution in [0.3, 0.4) is 0 Å². The van der Waals surface area contributed by atoms with Crippen LogP contribution in [-0.2, 0) is 17.8 Å². The Bertz CT molecular complexity index is 842. The van der Waals surface area contributed by atoms with Crippen LogP contribution in [0.1, 0.15) is 11.1 Å². The molecule has 0 radical (unpaired) electrons. The van der Waals surface area contributed by atoms with E-state index in [1.165, 1.54) is 0 Å². The van der Waals surface area contributed by atoms with Crippen molar-refractivity contribution in [2.45, 2.75) is 13.0 Å². The molecule has 0 atom stereocenters. The predicted molar refractivity (Wildman–Crippen MR) is 98.1 cm³/mol. The third-order valence-electron chi connectivity index (χ3n) is 3.75. The predicted octanol–water partition coefficient (Wildman–Crippen LogP) is 3.77. The number of anilines is 1. The summed E-state index contributed by atoms with van der Waals surface area (Å²) >= 11 is 5.86. The molecule has 3 rings (SSSR count). The molecular formula is C19H18ClN3O2. The number of hydrogen-bond acceptors (Lipinski definition) is 3. The molecule has 5 nitrogen and oxygen atoms in total. The monoisotopic (exact) mass is 355 g/mol. The molecule has 1 amide bonds. The molecular weight excluding hydrogens is 338 g/mol. The minimum Gasteiger partial charge on any atom is -0.497 e. The van der Waals surface area contributed by atoms with Gasteiger partial charge in [0.1, 0.15) is 11.6 Å². The molecule has 0 aliphatic carbocycles. The average molecular weight is 356 g/mol. The number of benzene rings is 2. The fourth-order valence-electron chi connectivity index (χ4n) is 2.44. The van der Waals surface area contributed by atoms with Gasteiger partial charge in [0.2, 0.25) is 5.91 Å². The minimum absolute atomic E-state index is 0.0983. The first kappa shape index (κ1) is 17.0. The normalized spacial score (nSPS) is 10.5. The van der Waals surface area contributed by atoms with Gasteiger partial charge in [0.25, 0.3) is 0 Å². The lowest BCUT2D eigenvalue weighted by Crippen LogP contribution is -2.18. The topological polar surface area (TPSA) is 56.1 Å². The van der Waals surface area contributed by atoms with E-state index in [0.29, 0.717) is 17.4 Å². The summed E-state index contributed by atoms with van der Waals surface area (Å²) in [5.41, 5.74) is 1.97. The van der Waals surface area contributed by atoms with Crippen LogP contribution in [0.4, 0.5) is 5.82 Å². The third-order valence-corrected chi connectivity index (χ3v) is 4.01. The first-order valence-electron chi connectivity index (χ1n) is 7.83. The van der Waals surface area contributed by atoms with E-state index in [-0.39, 0.29) is 12.3 Å². The second-order valence-corrected chi connectivity index (χ2v) is 6.01. The standard InChI is InChI=1S/C19H18ClN3O2/c1-25-17-8-4-15(5-9-17)13-23-18(10-11-21-23)22-19(24)12-14-2-6-16(20)7-3-14/h2-11H,12-13H2,1H3,(H,22,24). The van der Waals surface area contributed by atoms with Crippen LogP contribution in [0.5, 0.6) is 5.75 Å². The highest BCUT2D eigenvalue weighted by Gasteiger charge is 2.09. The molecule has 6 heteroatoms. The summed E-state index contributed by atoms with van der Waals surface area (Å²) < 4.78 is 6.91. The van der Waals surface area contributed by atoms with E-state index in [1.54, 1.807) is 36.2 Å². The van der Waals surface area contributed by atoms with Gasteiger partial charge < -0.3 is 10.1 Å². The van der Waals surface area contributed by atoms with E-state index in [4.69, 9.17) is 16.3 Å². The van der Waals surface area contributed by atoms with E-state index in [9.17, 15) is 4.79 Å². The smallest absolute Gasteiger partial charge is 0.229 e. The van der Waals surface area contributed by atoms with Crippen LogP contribution in [0, 0.1) is 0 Å². The molecule has 25 heavy (non-hydrogen) atoms. The molecule has 2 aromatic carbocycles. The van der Waals surface area contributed by atoms with Crippen LogP contribution in [-0.4, -0.2) is 22.8 Å². The average Bonchev–Trinajstić information content (AvgIpc) is 3.04. The highest BCUT2D eigenvalue weighted by atomic mass is 35.5. The fourth-order valence-corrected chi connectivity index (χ4v) is 2.57. The SMILES string of the molecule is COc1ccc(Cn2nccc2NC(=O)Cc2ccc(Cl)cc2)cc1. The Labute approximate surface area is 151 Å². The van der Waals surface area contributed by atoms with Crippen LogP contribution >= 0.6 is 11.6 Å². The maximum absolute atomic E-state index is 12.3. The molecule has 1 N–H and O–H groups in total. The zero-order valence-electron chi connectivity index (χ0n) is 13.8. The number of nitrogens with one attached hydrogen (secondary N) is 1. The number of nitrogens with zero attached hydrogens (tertiary/aromatic N) is 2. The Balaban J connectivity index is 1.64. The number of hydrogen-bond donors (Lipinski definition) is 1. The lowest BCUT2D eigenvalue weighted by Gasteiger charge is -2.10. The highest BCUT2D eigenvalue weighted by molar-refractivity contribution is 6.30. The van der Waals surface area contributed by atoms with Crippen molar-refractivity contribution in [1.82, 2.24) is 9.78 Å². The molecule has 3 aromatic rings. The van der Waals surface area contributed by atoms with Crippen molar-refractivity contribution < 1.29 is 9.53 Å². The molecule has 1 aromatic heterocycles. The van der Waals surface area contributed by atoms with Crippen molar-refractivity contribution >= 4 is 23.3 Å².